The van der Waals surface area contributed by atoms with Crippen LogP contribution in [0.2, 0.25) is 0 Å². The number of hydrogen-bond donors (Lipinski definition) is 0. The Bertz CT molecular complexity index is 1890. The second-order valence-corrected chi connectivity index (χ2v) is 18.1. The van der Waals surface area contributed by atoms with Gasteiger partial charge < -0.3 is 18.9 Å². The van der Waals surface area contributed by atoms with E-state index in [1.807, 2.05) is 0 Å². The summed E-state index contributed by atoms with van der Waals surface area (Å²) < 4.78 is 27.6. The van der Waals surface area contributed by atoms with Crippen LogP contribution in [0.25, 0.3) is 11.1 Å². The maximum Gasteiger partial charge on any atom is 0.170 e. The van der Waals surface area contributed by atoms with Gasteiger partial charge in [-0.1, -0.05) is 121 Å². The molecule has 8 rings (SSSR count). The van der Waals surface area contributed by atoms with Gasteiger partial charge >= 0.3 is 0 Å². The third kappa shape index (κ3) is 6.95. The Morgan fingerprint density at radius 3 is 0.962 bits per heavy atom. The molecule has 0 saturated carbocycles. The lowest BCUT2D eigenvalue weighted by Crippen LogP contribution is -2.27. The van der Waals surface area contributed by atoms with Gasteiger partial charge in [-0.05, 0) is 99.6 Å². The van der Waals surface area contributed by atoms with Gasteiger partial charge in [0.15, 0.2) is 23.0 Å². The Kier molecular flexibility index (Phi) is 10.0. The van der Waals surface area contributed by atoms with E-state index in [0.29, 0.717) is 0 Å². The molecule has 262 valence electrons. The molecule has 2 aliphatic rings. The molecular formula is C46H44O4P2. The van der Waals surface area contributed by atoms with Crippen LogP contribution in [-0.4, -0.2) is 24.4 Å². The van der Waals surface area contributed by atoms with Gasteiger partial charge in [0.05, 0.1) is 24.4 Å². The number of rotatable bonds is 7. The number of ether oxygens (including phenoxy) is 4. The van der Waals surface area contributed by atoms with E-state index in [2.05, 4.69) is 173 Å². The summed E-state index contributed by atoms with van der Waals surface area (Å²) in [6, 6.07) is 52.4. The van der Waals surface area contributed by atoms with Crippen LogP contribution in [0.5, 0.6) is 23.0 Å². The van der Waals surface area contributed by atoms with E-state index < -0.39 is 15.8 Å². The summed E-state index contributed by atoms with van der Waals surface area (Å²) in [4.78, 5) is 0. The summed E-state index contributed by atoms with van der Waals surface area (Å²) in [7, 11) is -2.09. The van der Waals surface area contributed by atoms with Crippen molar-refractivity contribution >= 4 is 47.7 Å². The Morgan fingerprint density at radius 2 is 0.654 bits per heavy atom. The van der Waals surface area contributed by atoms with E-state index >= 15 is 0 Å². The third-order valence-electron chi connectivity index (χ3n) is 9.61. The second-order valence-electron chi connectivity index (χ2n) is 13.8. The SMILES string of the molecule is C[C@@H]1C[C@@H](C)Oc2c(ccc(P(c3ccccc3)c3ccccc3)c2-c2c(P(c3ccccc3)c3ccccc3)ccc3c2O[C@H](C)C[C@@H](C)O3)O1. The monoisotopic (exact) mass is 722 g/mol. The van der Waals surface area contributed by atoms with Crippen LogP contribution in [0.3, 0.4) is 0 Å². The fourth-order valence-electron chi connectivity index (χ4n) is 7.51. The maximum absolute atomic E-state index is 7.09. The Labute approximate surface area is 310 Å². The minimum Gasteiger partial charge on any atom is -0.487 e. The molecule has 0 saturated heterocycles. The van der Waals surface area contributed by atoms with E-state index in [-0.39, 0.29) is 24.4 Å². The highest BCUT2D eigenvalue weighted by Gasteiger charge is 2.36. The number of benzene rings is 6. The van der Waals surface area contributed by atoms with Crippen molar-refractivity contribution in [3.05, 3.63) is 146 Å². The number of fused-ring (bicyclic) bond motifs is 2. The molecule has 2 aliphatic heterocycles. The predicted octanol–water partition coefficient (Wildman–Crippen LogP) is 8.75. The molecule has 0 aromatic heterocycles. The van der Waals surface area contributed by atoms with Crippen molar-refractivity contribution in [1.29, 1.82) is 0 Å². The molecule has 0 unspecified atom stereocenters. The first-order valence-electron chi connectivity index (χ1n) is 18.3. The summed E-state index contributed by atoms with van der Waals surface area (Å²) in [5, 5.41) is 7.43. The van der Waals surface area contributed by atoms with E-state index in [9.17, 15) is 0 Å². The molecule has 0 bridgehead atoms. The average molecular weight is 723 g/mol. The lowest BCUT2D eigenvalue weighted by Gasteiger charge is -2.30. The van der Waals surface area contributed by atoms with Gasteiger partial charge in [0.25, 0.3) is 0 Å². The minimum absolute atomic E-state index is 0.00159. The first-order valence-corrected chi connectivity index (χ1v) is 20.9. The Balaban J connectivity index is 1.52. The summed E-state index contributed by atoms with van der Waals surface area (Å²) >= 11 is 0. The standard InChI is InChI=1S/C46H44O4P2/c1-31-29-33(3)49-45-39(47-31)25-27-41(51(35-17-9-5-10-18-35)36-19-11-6-12-20-36)43(45)44-42(28-26-40-46(44)50-34(4)30-32(2)48-40)52(37-21-13-7-14-22-37)38-23-15-8-16-24-38/h5-28,31-34H,29-30H2,1-4H3/t31-,32-,33-,34-/m1/s1. The first-order chi connectivity index (χ1) is 25.4. The zero-order valence-corrected chi connectivity index (χ0v) is 31.9. The fourth-order valence-corrected chi connectivity index (χ4v) is 12.4. The zero-order valence-electron chi connectivity index (χ0n) is 30.1. The van der Waals surface area contributed by atoms with E-state index in [0.717, 1.165) is 47.0 Å². The quantitative estimate of drug-likeness (QED) is 0.155. The Hall–Kier alpha value is -4.62. The summed E-state index contributed by atoms with van der Waals surface area (Å²) in [5.74, 6) is 3.06. The molecule has 0 N–H and O–H groups in total. The van der Waals surface area contributed by atoms with Gasteiger partial charge in [0, 0.05) is 24.0 Å². The van der Waals surface area contributed by atoms with E-state index in [4.69, 9.17) is 18.9 Å². The van der Waals surface area contributed by atoms with Gasteiger partial charge in [-0.3, -0.25) is 0 Å². The van der Waals surface area contributed by atoms with Crippen LogP contribution >= 0.6 is 15.8 Å². The Morgan fingerprint density at radius 1 is 0.365 bits per heavy atom. The van der Waals surface area contributed by atoms with Gasteiger partial charge in [-0.2, -0.15) is 0 Å². The average Bonchev–Trinajstić information content (AvgIpc) is 3.41. The van der Waals surface area contributed by atoms with Gasteiger partial charge in [-0.15, -0.1) is 0 Å². The fraction of sp³-hybridized carbons (Fsp3) is 0.217. The van der Waals surface area contributed by atoms with E-state index in [1.54, 1.807) is 0 Å². The van der Waals surface area contributed by atoms with Crippen LogP contribution in [-0.2, 0) is 0 Å². The molecule has 6 heteroatoms. The molecular weight excluding hydrogens is 678 g/mol. The van der Waals surface area contributed by atoms with Crippen molar-refractivity contribution in [1.82, 2.24) is 0 Å². The molecule has 6 aromatic rings. The summed E-state index contributed by atoms with van der Waals surface area (Å²) in [6.07, 6.45) is 1.44. The molecule has 4 atom stereocenters. The number of hydrogen-bond acceptors (Lipinski definition) is 4. The molecule has 52 heavy (non-hydrogen) atoms. The third-order valence-corrected chi connectivity index (χ3v) is 14.6. The molecule has 0 radical (unpaired) electrons. The molecule has 4 nitrogen and oxygen atoms in total. The lowest BCUT2D eigenvalue weighted by atomic mass is 10.0. The highest BCUT2D eigenvalue weighted by Crippen LogP contribution is 2.53. The highest BCUT2D eigenvalue weighted by molar-refractivity contribution is 7.80. The first kappa shape index (κ1) is 34.5. The van der Waals surface area contributed by atoms with Crippen molar-refractivity contribution in [2.24, 2.45) is 0 Å². The smallest absolute Gasteiger partial charge is 0.170 e. The van der Waals surface area contributed by atoms with Crippen molar-refractivity contribution < 1.29 is 18.9 Å². The molecule has 0 fully saturated rings. The van der Waals surface area contributed by atoms with Gasteiger partial charge in [-0.25, -0.2) is 0 Å². The summed E-state index contributed by atoms with van der Waals surface area (Å²) in [6.45, 7) is 8.57. The van der Waals surface area contributed by atoms with Crippen molar-refractivity contribution in [3.63, 3.8) is 0 Å². The van der Waals surface area contributed by atoms with Crippen LogP contribution in [0.15, 0.2) is 146 Å². The molecule has 2 heterocycles. The van der Waals surface area contributed by atoms with Crippen molar-refractivity contribution in [2.45, 2.75) is 65.0 Å². The molecule has 0 amide bonds. The van der Waals surface area contributed by atoms with Gasteiger partial charge in [0.2, 0.25) is 0 Å². The normalized spacial score (nSPS) is 19.6. The van der Waals surface area contributed by atoms with Gasteiger partial charge in [0.1, 0.15) is 0 Å². The van der Waals surface area contributed by atoms with Crippen molar-refractivity contribution in [2.75, 3.05) is 0 Å². The highest BCUT2D eigenvalue weighted by atomic mass is 31.1. The van der Waals surface area contributed by atoms with Crippen LogP contribution in [0.1, 0.15) is 40.5 Å². The maximum atomic E-state index is 7.09. The topological polar surface area (TPSA) is 36.9 Å². The van der Waals surface area contributed by atoms with E-state index in [1.165, 1.54) is 31.8 Å². The van der Waals surface area contributed by atoms with Crippen molar-refractivity contribution in [3.8, 4) is 34.1 Å². The molecule has 0 spiro atoms. The lowest BCUT2D eigenvalue weighted by molar-refractivity contribution is 0.167. The van der Waals surface area contributed by atoms with Crippen LogP contribution in [0.4, 0.5) is 0 Å². The largest absolute Gasteiger partial charge is 0.487 e. The summed E-state index contributed by atoms with van der Waals surface area (Å²) in [5.41, 5.74) is 2.04. The predicted molar refractivity (Wildman–Crippen MR) is 219 cm³/mol. The van der Waals surface area contributed by atoms with Crippen LogP contribution < -0.4 is 50.8 Å². The minimum atomic E-state index is -1.04. The molecule has 0 aliphatic carbocycles. The van der Waals surface area contributed by atoms with Crippen LogP contribution in [0, 0.1) is 0 Å². The zero-order chi connectivity index (χ0) is 35.6. The molecule has 6 aromatic carbocycles. The second kappa shape index (κ2) is 15.2.